The Kier molecular flexibility index (Phi) is 8.76. The first kappa shape index (κ1) is 27.8. The van der Waals surface area contributed by atoms with Gasteiger partial charge in [0.25, 0.3) is 21.6 Å². The second-order valence-electron chi connectivity index (χ2n) is 7.87. The van der Waals surface area contributed by atoms with Crippen molar-refractivity contribution in [3.05, 3.63) is 88.0 Å². The third-order valence-electron chi connectivity index (χ3n) is 5.16. The molecule has 0 radical (unpaired) electrons. The summed E-state index contributed by atoms with van der Waals surface area (Å²) in [7, 11) is -2.95. The van der Waals surface area contributed by atoms with Crippen LogP contribution in [0.25, 0.3) is 0 Å². The number of anilines is 1. The lowest BCUT2D eigenvalue weighted by Gasteiger charge is -2.24. The van der Waals surface area contributed by atoms with Gasteiger partial charge in [0.1, 0.15) is 18.0 Å². The molecule has 0 spiro atoms. The first-order chi connectivity index (χ1) is 18.0. The lowest BCUT2D eigenvalue weighted by atomic mass is 10.2. The van der Waals surface area contributed by atoms with Crippen molar-refractivity contribution >= 4 is 39.5 Å². The van der Waals surface area contributed by atoms with Gasteiger partial charge in [-0.25, -0.2) is 13.8 Å². The molecule has 0 aromatic heterocycles. The highest BCUT2D eigenvalue weighted by Crippen LogP contribution is 2.29. The van der Waals surface area contributed by atoms with Crippen LogP contribution in [0.15, 0.2) is 76.7 Å². The van der Waals surface area contributed by atoms with Crippen molar-refractivity contribution in [3.8, 4) is 11.5 Å². The van der Waals surface area contributed by atoms with Gasteiger partial charge in [0.2, 0.25) is 0 Å². The number of ether oxygens (including phenoxy) is 2. The van der Waals surface area contributed by atoms with Crippen LogP contribution in [0, 0.1) is 17.0 Å². The Labute approximate surface area is 218 Å². The fraction of sp³-hybridized carbons (Fsp3) is 0.160. The molecule has 0 fully saturated rings. The fourth-order valence-corrected chi connectivity index (χ4v) is 4.71. The van der Waals surface area contributed by atoms with Crippen LogP contribution in [0.4, 0.5) is 11.4 Å². The van der Waals surface area contributed by atoms with Gasteiger partial charge >= 0.3 is 5.97 Å². The van der Waals surface area contributed by atoms with Crippen LogP contribution in [0.5, 0.6) is 11.5 Å². The van der Waals surface area contributed by atoms with Crippen LogP contribution in [0.2, 0.25) is 0 Å². The number of aryl methyl sites for hydroxylation is 1. The maximum absolute atomic E-state index is 13.5. The van der Waals surface area contributed by atoms with E-state index in [1.807, 2.05) is 0 Å². The lowest BCUT2D eigenvalue weighted by molar-refractivity contribution is -0.385. The third-order valence-corrected chi connectivity index (χ3v) is 6.93. The molecule has 0 heterocycles. The van der Waals surface area contributed by atoms with E-state index in [9.17, 15) is 28.1 Å². The number of hydrazone groups is 1. The van der Waals surface area contributed by atoms with Gasteiger partial charge in [0, 0.05) is 18.6 Å². The Balaban J connectivity index is 1.85. The summed E-state index contributed by atoms with van der Waals surface area (Å²) in [4.78, 5) is 34.1. The number of benzene rings is 3. The van der Waals surface area contributed by atoms with E-state index in [-0.39, 0.29) is 21.8 Å². The van der Waals surface area contributed by atoms with E-state index >= 15 is 0 Å². The summed E-state index contributed by atoms with van der Waals surface area (Å²) in [6.07, 6.45) is 1.32. The summed E-state index contributed by atoms with van der Waals surface area (Å²) in [5.41, 5.74) is 2.90. The Morgan fingerprint density at radius 1 is 1.05 bits per heavy atom. The highest BCUT2D eigenvalue weighted by molar-refractivity contribution is 7.92. The van der Waals surface area contributed by atoms with E-state index < -0.39 is 33.4 Å². The Morgan fingerprint density at radius 3 is 2.26 bits per heavy atom. The summed E-state index contributed by atoms with van der Waals surface area (Å²) >= 11 is 0. The summed E-state index contributed by atoms with van der Waals surface area (Å²) in [6.45, 7) is 2.10. The molecule has 0 aliphatic carbocycles. The molecular formula is C25H24N4O8S. The van der Waals surface area contributed by atoms with Gasteiger partial charge in [0.15, 0.2) is 0 Å². The summed E-state index contributed by atoms with van der Waals surface area (Å²) in [5, 5.41) is 15.2. The maximum Gasteiger partial charge on any atom is 0.308 e. The molecule has 198 valence electrons. The second-order valence-corrected chi connectivity index (χ2v) is 9.73. The standard InChI is InChI=1S/C25H24N4O8S/c1-17-4-13-23(14-24(17)29(32)33)38(34,35)28(20-7-11-21(36-3)12-8-20)16-25(31)27-26-15-19-5-9-22(10-6-19)37-18(2)30/h4-15H,16H2,1-3H3,(H,27,31)/b26-15-. The number of esters is 1. The van der Waals surface area contributed by atoms with E-state index in [1.54, 1.807) is 24.3 Å². The minimum Gasteiger partial charge on any atom is -0.497 e. The molecule has 12 nitrogen and oxygen atoms in total. The van der Waals surface area contributed by atoms with Gasteiger partial charge in [-0.1, -0.05) is 6.07 Å². The molecule has 3 rings (SSSR count). The van der Waals surface area contributed by atoms with Crippen molar-refractivity contribution in [2.75, 3.05) is 18.0 Å². The normalized spacial score (nSPS) is 11.1. The smallest absolute Gasteiger partial charge is 0.308 e. The monoisotopic (exact) mass is 540 g/mol. The number of amides is 1. The van der Waals surface area contributed by atoms with Crippen LogP contribution in [0.1, 0.15) is 18.1 Å². The number of nitro groups is 1. The predicted octanol–water partition coefficient (Wildman–Crippen LogP) is 3.18. The molecule has 0 saturated heterocycles. The Bertz CT molecular complexity index is 1470. The molecule has 13 heteroatoms. The second kappa shape index (κ2) is 12.0. The number of nitrogens with zero attached hydrogens (tertiary/aromatic N) is 3. The fourth-order valence-electron chi connectivity index (χ4n) is 3.27. The molecular weight excluding hydrogens is 516 g/mol. The van der Waals surface area contributed by atoms with E-state index in [0.29, 0.717) is 17.1 Å². The quantitative estimate of drug-likeness (QED) is 0.135. The molecule has 0 aliphatic rings. The first-order valence-electron chi connectivity index (χ1n) is 11.0. The van der Waals surface area contributed by atoms with Crippen LogP contribution < -0.4 is 19.2 Å². The number of methoxy groups -OCH3 is 1. The van der Waals surface area contributed by atoms with Gasteiger partial charge in [0.05, 0.1) is 28.8 Å². The minimum atomic E-state index is -4.40. The van der Waals surface area contributed by atoms with Crippen molar-refractivity contribution in [2.24, 2.45) is 5.10 Å². The molecule has 38 heavy (non-hydrogen) atoms. The topological polar surface area (TPSA) is 158 Å². The largest absolute Gasteiger partial charge is 0.497 e. The first-order valence-corrected chi connectivity index (χ1v) is 12.5. The number of nitrogens with one attached hydrogen (secondary N) is 1. The summed E-state index contributed by atoms with van der Waals surface area (Å²) < 4.78 is 37.9. The Morgan fingerprint density at radius 2 is 1.68 bits per heavy atom. The number of hydrogen-bond acceptors (Lipinski definition) is 9. The van der Waals surface area contributed by atoms with Crippen molar-refractivity contribution in [1.82, 2.24) is 5.43 Å². The van der Waals surface area contributed by atoms with Crippen LogP contribution >= 0.6 is 0 Å². The van der Waals surface area contributed by atoms with Crippen molar-refractivity contribution in [1.29, 1.82) is 0 Å². The number of carbonyl (C=O) groups excluding carboxylic acids is 2. The number of carbonyl (C=O) groups is 2. The number of rotatable bonds is 10. The van der Waals surface area contributed by atoms with E-state index in [0.717, 1.165) is 10.4 Å². The average molecular weight is 541 g/mol. The SMILES string of the molecule is COc1ccc(N(CC(=O)N/N=C\c2ccc(OC(C)=O)cc2)S(=O)(=O)c2ccc(C)c([N+](=O)[O-])c2)cc1. The summed E-state index contributed by atoms with van der Waals surface area (Å²) in [5.74, 6) is -0.421. The Hall–Kier alpha value is -4.78. The molecule has 0 atom stereocenters. The third kappa shape index (κ3) is 6.91. The van der Waals surface area contributed by atoms with Gasteiger partial charge in [-0.05, 0) is 67.1 Å². The number of nitro benzene ring substituents is 1. The molecule has 3 aromatic rings. The summed E-state index contributed by atoms with van der Waals surface area (Å²) in [6, 6.07) is 15.7. The zero-order valence-corrected chi connectivity index (χ0v) is 21.5. The van der Waals surface area contributed by atoms with Crippen molar-refractivity contribution in [2.45, 2.75) is 18.7 Å². The average Bonchev–Trinajstić information content (AvgIpc) is 2.88. The molecule has 0 bridgehead atoms. The van der Waals surface area contributed by atoms with Gasteiger partial charge in [-0.15, -0.1) is 0 Å². The number of sulfonamides is 1. The van der Waals surface area contributed by atoms with Crippen LogP contribution in [-0.2, 0) is 19.6 Å². The zero-order valence-electron chi connectivity index (χ0n) is 20.7. The molecule has 0 aliphatic heterocycles. The lowest BCUT2D eigenvalue weighted by Crippen LogP contribution is -2.39. The van der Waals surface area contributed by atoms with Crippen molar-refractivity contribution in [3.63, 3.8) is 0 Å². The van der Waals surface area contributed by atoms with Crippen molar-refractivity contribution < 1.29 is 32.4 Å². The molecule has 0 saturated carbocycles. The highest BCUT2D eigenvalue weighted by atomic mass is 32.2. The molecule has 3 aromatic carbocycles. The molecule has 1 amide bonds. The maximum atomic E-state index is 13.5. The molecule has 1 N–H and O–H groups in total. The van der Waals surface area contributed by atoms with E-state index in [4.69, 9.17) is 9.47 Å². The van der Waals surface area contributed by atoms with Gasteiger partial charge in [-0.2, -0.15) is 5.10 Å². The van der Waals surface area contributed by atoms with Crippen LogP contribution in [0.3, 0.4) is 0 Å². The highest BCUT2D eigenvalue weighted by Gasteiger charge is 2.29. The van der Waals surface area contributed by atoms with E-state index in [1.165, 1.54) is 63.6 Å². The van der Waals surface area contributed by atoms with E-state index in [2.05, 4.69) is 10.5 Å². The van der Waals surface area contributed by atoms with Gasteiger partial charge < -0.3 is 9.47 Å². The minimum absolute atomic E-state index is 0.134. The van der Waals surface area contributed by atoms with Crippen LogP contribution in [-0.4, -0.2) is 45.1 Å². The van der Waals surface area contributed by atoms with Gasteiger partial charge in [-0.3, -0.25) is 24.0 Å². The predicted molar refractivity (Wildman–Crippen MR) is 139 cm³/mol. The number of hydrogen-bond donors (Lipinski definition) is 1. The molecule has 0 unspecified atom stereocenters. The zero-order chi connectivity index (χ0) is 27.9.